The van der Waals surface area contributed by atoms with E-state index in [1.54, 1.807) is 23.1 Å². The minimum atomic E-state index is -0.134. The van der Waals surface area contributed by atoms with Crippen LogP contribution in [0.5, 0.6) is 0 Å². The van der Waals surface area contributed by atoms with Crippen LogP contribution < -0.4 is 4.90 Å². The number of amides is 1. The predicted octanol–water partition coefficient (Wildman–Crippen LogP) is 2.42. The molecule has 1 aromatic carbocycles. The SMILES string of the molecule is O=C1CC(CCl)CN1c1c(Cl)cccc1CO. The van der Waals surface area contributed by atoms with Crippen molar-refractivity contribution in [3.05, 3.63) is 28.8 Å². The fraction of sp³-hybridized carbons (Fsp3) is 0.417. The van der Waals surface area contributed by atoms with Gasteiger partial charge in [0.2, 0.25) is 5.91 Å². The molecule has 1 unspecified atom stereocenters. The van der Waals surface area contributed by atoms with Crippen molar-refractivity contribution >= 4 is 34.8 Å². The van der Waals surface area contributed by atoms with Gasteiger partial charge in [-0.2, -0.15) is 0 Å². The lowest BCUT2D eigenvalue weighted by Gasteiger charge is -2.21. The van der Waals surface area contributed by atoms with Crippen molar-refractivity contribution in [2.75, 3.05) is 17.3 Å². The molecule has 1 amide bonds. The second kappa shape index (κ2) is 5.25. The van der Waals surface area contributed by atoms with Gasteiger partial charge in [-0.05, 0) is 12.0 Å². The Hall–Kier alpha value is -0.770. The Morgan fingerprint density at radius 3 is 2.82 bits per heavy atom. The molecule has 2 rings (SSSR count). The van der Waals surface area contributed by atoms with E-state index in [9.17, 15) is 9.90 Å². The molecule has 1 N–H and O–H groups in total. The van der Waals surface area contributed by atoms with Gasteiger partial charge in [-0.25, -0.2) is 0 Å². The maximum atomic E-state index is 11.9. The largest absolute Gasteiger partial charge is 0.392 e. The average molecular weight is 274 g/mol. The van der Waals surface area contributed by atoms with Gasteiger partial charge in [0.15, 0.2) is 0 Å². The highest BCUT2D eigenvalue weighted by molar-refractivity contribution is 6.34. The number of halogens is 2. The van der Waals surface area contributed by atoms with Crippen LogP contribution in [0, 0.1) is 5.92 Å². The van der Waals surface area contributed by atoms with E-state index in [0.29, 0.717) is 35.1 Å². The normalized spacial score (nSPS) is 20.1. The summed E-state index contributed by atoms with van der Waals surface area (Å²) in [5.41, 5.74) is 1.29. The summed E-state index contributed by atoms with van der Waals surface area (Å²) < 4.78 is 0. The Balaban J connectivity index is 2.37. The number of hydrogen-bond donors (Lipinski definition) is 1. The minimum Gasteiger partial charge on any atom is -0.392 e. The summed E-state index contributed by atoms with van der Waals surface area (Å²) in [4.78, 5) is 13.5. The third-order valence-electron chi connectivity index (χ3n) is 2.93. The third-order valence-corrected chi connectivity index (χ3v) is 3.68. The van der Waals surface area contributed by atoms with E-state index >= 15 is 0 Å². The molecular weight excluding hydrogens is 261 g/mol. The van der Waals surface area contributed by atoms with Gasteiger partial charge >= 0.3 is 0 Å². The van der Waals surface area contributed by atoms with Gasteiger partial charge in [-0.1, -0.05) is 23.7 Å². The molecule has 17 heavy (non-hydrogen) atoms. The van der Waals surface area contributed by atoms with Gasteiger partial charge in [0.1, 0.15) is 0 Å². The first-order chi connectivity index (χ1) is 8.17. The molecule has 1 atom stereocenters. The van der Waals surface area contributed by atoms with Crippen LogP contribution in [0.15, 0.2) is 18.2 Å². The van der Waals surface area contributed by atoms with E-state index in [1.165, 1.54) is 0 Å². The van der Waals surface area contributed by atoms with E-state index in [1.807, 2.05) is 0 Å². The Bertz CT molecular complexity index is 437. The molecule has 1 heterocycles. The van der Waals surface area contributed by atoms with Crippen molar-refractivity contribution in [3.8, 4) is 0 Å². The summed E-state index contributed by atoms with van der Waals surface area (Å²) >= 11 is 11.9. The molecule has 3 nitrogen and oxygen atoms in total. The van der Waals surface area contributed by atoms with E-state index in [4.69, 9.17) is 23.2 Å². The summed E-state index contributed by atoms with van der Waals surface area (Å²) in [5.74, 6) is 0.631. The summed E-state index contributed by atoms with van der Waals surface area (Å²) in [6.07, 6.45) is 0.444. The van der Waals surface area contributed by atoms with Crippen LogP contribution in [0.25, 0.3) is 0 Å². The maximum absolute atomic E-state index is 11.9. The summed E-state index contributed by atoms with van der Waals surface area (Å²) in [7, 11) is 0. The fourth-order valence-corrected chi connectivity index (χ4v) is 2.59. The molecule has 92 valence electrons. The molecule has 0 bridgehead atoms. The number of aliphatic hydroxyl groups is 1. The van der Waals surface area contributed by atoms with Crippen molar-refractivity contribution in [3.63, 3.8) is 0 Å². The number of benzene rings is 1. The standard InChI is InChI=1S/C12H13Cl2NO2/c13-5-8-4-11(17)15(6-8)12-9(7-16)2-1-3-10(12)14/h1-3,8,16H,4-7H2. The Morgan fingerprint density at radius 2 is 2.24 bits per heavy atom. The lowest BCUT2D eigenvalue weighted by molar-refractivity contribution is -0.117. The monoisotopic (exact) mass is 273 g/mol. The minimum absolute atomic E-state index is 0.0125. The first kappa shape index (κ1) is 12.7. The van der Waals surface area contributed by atoms with Crippen molar-refractivity contribution in [2.45, 2.75) is 13.0 Å². The van der Waals surface area contributed by atoms with E-state index in [-0.39, 0.29) is 18.4 Å². The van der Waals surface area contributed by atoms with Crippen molar-refractivity contribution < 1.29 is 9.90 Å². The van der Waals surface area contributed by atoms with Crippen LogP contribution in [0.4, 0.5) is 5.69 Å². The van der Waals surface area contributed by atoms with Crippen LogP contribution >= 0.6 is 23.2 Å². The molecule has 1 aliphatic heterocycles. The summed E-state index contributed by atoms with van der Waals surface area (Å²) in [6, 6.07) is 5.25. The second-order valence-electron chi connectivity index (χ2n) is 4.13. The first-order valence-electron chi connectivity index (χ1n) is 5.42. The van der Waals surface area contributed by atoms with Crippen molar-refractivity contribution in [1.82, 2.24) is 0 Å². The van der Waals surface area contributed by atoms with Gasteiger partial charge in [0.25, 0.3) is 0 Å². The Kier molecular flexibility index (Phi) is 3.92. The fourth-order valence-electron chi connectivity index (χ4n) is 2.09. The third kappa shape index (κ3) is 2.41. The van der Waals surface area contributed by atoms with E-state index < -0.39 is 0 Å². The number of alkyl halides is 1. The van der Waals surface area contributed by atoms with Crippen LogP contribution in [0.1, 0.15) is 12.0 Å². The highest BCUT2D eigenvalue weighted by Crippen LogP contribution is 2.34. The maximum Gasteiger partial charge on any atom is 0.227 e. The number of aliphatic hydroxyl groups excluding tert-OH is 1. The molecule has 0 aromatic heterocycles. The number of rotatable bonds is 3. The quantitative estimate of drug-likeness (QED) is 0.860. The van der Waals surface area contributed by atoms with Crippen molar-refractivity contribution in [2.24, 2.45) is 5.92 Å². The number of carbonyl (C=O) groups is 1. The second-order valence-corrected chi connectivity index (χ2v) is 4.85. The smallest absolute Gasteiger partial charge is 0.227 e. The summed E-state index contributed by atoms with van der Waals surface area (Å²) in [6.45, 7) is 0.435. The molecular formula is C12H13Cl2NO2. The van der Waals surface area contributed by atoms with E-state index in [0.717, 1.165) is 0 Å². The number of para-hydroxylation sites is 1. The van der Waals surface area contributed by atoms with Crippen LogP contribution in [0.2, 0.25) is 5.02 Å². The first-order valence-corrected chi connectivity index (χ1v) is 6.33. The Morgan fingerprint density at radius 1 is 1.47 bits per heavy atom. The van der Waals surface area contributed by atoms with E-state index in [2.05, 4.69) is 0 Å². The van der Waals surface area contributed by atoms with Gasteiger partial charge < -0.3 is 10.0 Å². The lowest BCUT2D eigenvalue weighted by atomic mass is 10.1. The van der Waals surface area contributed by atoms with Gasteiger partial charge in [0, 0.05) is 24.4 Å². The molecule has 0 aliphatic carbocycles. The predicted molar refractivity (Wildman–Crippen MR) is 68.6 cm³/mol. The molecule has 0 spiro atoms. The van der Waals surface area contributed by atoms with Gasteiger partial charge in [0.05, 0.1) is 17.3 Å². The molecule has 1 aliphatic rings. The number of nitrogens with zero attached hydrogens (tertiary/aromatic N) is 1. The molecule has 1 aromatic rings. The average Bonchev–Trinajstić information content (AvgIpc) is 2.70. The zero-order chi connectivity index (χ0) is 12.4. The molecule has 5 heteroatoms. The zero-order valence-electron chi connectivity index (χ0n) is 9.20. The highest BCUT2D eigenvalue weighted by Gasteiger charge is 2.32. The topological polar surface area (TPSA) is 40.5 Å². The zero-order valence-corrected chi connectivity index (χ0v) is 10.7. The summed E-state index contributed by atoms with van der Waals surface area (Å²) in [5, 5.41) is 9.78. The highest BCUT2D eigenvalue weighted by atomic mass is 35.5. The van der Waals surface area contributed by atoms with Gasteiger partial charge in [-0.3, -0.25) is 4.79 Å². The van der Waals surface area contributed by atoms with Crippen LogP contribution in [-0.4, -0.2) is 23.4 Å². The van der Waals surface area contributed by atoms with Gasteiger partial charge in [-0.15, -0.1) is 11.6 Å². The Labute approximate surface area is 110 Å². The molecule has 1 fully saturated rings. The lowest BCUT2D eigenvalue weighted by Crippen LogP contribution is -2.26. The van der Waals surface area contributed by atoms with Crippen LogP contribution in [0.3, 0.4) is 0 Å². The molecule has 1 saturated heterocycles. The van der Waals surface area contributed by atoms with Crippen molar-refractivity contribution in [1.29, 1.82) is 0 Å². The number of hydrogen-bond acceptors (Lipinski definition) is 2. The molecule has 0 radical (unpaired) electrons. The van der Waals surface area contributed by atoms with Crippen LogP contribution in [-0.2, 0) is 11.4 Å². The number of anilines is 1. The number of carbonyl (C=O) groups excluding carboxylic acids is 1. The molecule has 0 saturated carbocycles.